The number of rotatable bonds is 5. The third-order valence-corrected chi connectivity index (χ3v) is 2.73. The summed E-state index contributed by atoms with van der Waals surface area (Å²) in [5.41, 5.74) is -0.300. The van der Waals surface area contributed by atoms with Crippen LogP contribution in [0.25, 0.3) is 0 Å². The number of carboxylic acids is 1. The van der Waals surface area contributed by atoms with Gasteiger partial charge in [-0.15, -0.1) is 0 Å². The van der Waals surface area contributed by atoms with Gasteiger partial charge in [-0.1, -0.05) is 19.4 Å². The Balaban J connectivity index is 2.88. The van der Waals surface area contributed by atoms with E-state index in [2.05, 4.69) is 10.3 Å². The van der Waals surface area contributed by atoms with Crippen molar-refractivity contribution in [3.63, 3.8) is 0 Å². The van der Waals surface area contributed by atoms with Gasteiger partial charge in [-0.3, -0.25) is 4.79 Å². The number of aromatic nitrogens is 1. The molecule has 1 atom stereocenters. The smallest absolute Gasteiger partial charge is 0.329 e. The van der Waals surface area contributed by atoms with E-state index in [0.717, 1.165) is 5.69 Å². The lowest BCUT2D eigenvalue weighted by Crippen LogP contribution is -2.52. The molecule has 0 spiro atoms. The van der Waals surface area contributed by atoms with E-state index in [1.807, 2.05) is 6.92 Å². The number of aliphatic carboxylic acids is 1. The first-order valence-electron chi connectivity index (χ1n) is 5.88. The van der Waals surface area contributed by atoms with Crippen molar-refractivity contribution in [3.05, 3.63) is 29.6 Å². The second-order valence-corrected chi connectivity index (χ2v) is 4.51. The van der Waals surface area contributed by atoms with Crippen molar-refractivity contribution in [2.45, 2.75) is 39.2 Å². The van der Waals surface area contributed by atoms with Crippen LogP contribution < -0.4 is 5.32 Å². The number of nitrogens with zero attached hydrogens (tertiary/aromatic N) is 1. The fraction of sp³-hybridized carbons (Fsp3) is 0.462. The Kier molecular flexibility index (Phi) is 4.42. The molecule has 0 aliphatic carbocycles. The summed E-state index contributed by atoms with van der Waals surface area (Å²) in [7, 11) is 0. The number of nitrogens with one attached hydrogen (secondary N) is 1. The zero-order valence-electron chi connectivity index (χ0n) is 10.9. The first-order valence-corrected chi connectivity index (χ1v) is 5.88. The van der Waals surface area contributed by atoms with Gasteiger partial charge in [0.25, 0.3) is 5.91 Å². The van der Waals surface area contributed by atoms with Crippen LogP contribution in [0.2, 0.25) is 0 Å². The predicted octanol–water partition coefficient (Wildman–Crippen LogP) is 1.76. The fourth-order valence-electron chi connectivity index (χ4n) is 1.71. The van der Waals surface area contributed by atoms with E-state index in [1.54, 1.807) is 25.1 Å². The molecule has 0 radical (unpaired) electrons. The zero-order valence-corrected chi connectivity index (χ0v) is 10.9. The Morgan fingerprint density at radius 3 is 2.61 bits per heavy atom. The molecule has 1 aromatic heterocycles. The van der Waals surface area contributed by atoms with Crippen molar-refractivity contribution in [1.82, 2.24) is 10.3 Å². The highest BCUT2D eigenvalue weighted by atomic mass is 16.4. The van der Waals surface area contributed by atoms with Crippen molar-refractivity contribution in [1.29, 1.82) is 0 Å². The molecule has 0 fully saturated rings. The molecule has 0 aliphatic rings. The first-order chi connectivity index (χ1) is 8.39. The summed E-state index contributed by atoms with van der Waals surface area (Å²) >= 11 is 0. The molecule has 0 saturated carbocycles. The first kappa shape index (κ1) is 14.2. The Morgan fingerprint density at radius 1 is 1.44 bits per heavy atom. The van der Waals surface area contributed by atoms with Gasteiger partial charge >= 0.3 is 5.97 Å². The molecule has 5 nitrogen and oxygen atoms in total. The average molecular weight is 250 g/mol. The van der Waals surface area contributed by atoms with Gasteiger partial charge in [-0.25, -0.2) is 9.78 Å². The summed E-state index contributed by atoms with van der Waals surface area (Å²) in [4.78, 5) is 27.2. The summed E-state index contributed by atoms with van der Waals surface area (Å²) in [5.74, 6) is -1.50. The molecule has 98 valence electrons. The van der Waals surface area contributed by atoms with E-state index >= 15 is 0 Å². The van der Waals surface area contributed by atoms with Crippen LogP contribution in [0.1, 0.15) is 42.9 Å². The maximum absolute atomic E-state index is 12.0. The number of carbonyl (C=O) groups is 2. The van der Waals surface area contributed by atoms with Gasteiger partial charge < -0.3 is 10.4 Å². The number of hydrogen-bond donors (Lipinski definition) is 2. The van der Waals surface area contributed by atoms with E-state index in [0.29, 0.717) is 12.8 Å². The molecule has 1 unspecified atom stereocenters. The quantitative estimate of drug-likeness (QED) is 0.834. The number of pyridine rings is 1. The largest absolute Gasteiger partial charge is 0.480 e. The second-order valence-electron chi connectivity index (χ2n) is 4.51. The number of hydrogen-bond acceptors (Lipinski definition) is 3. The van der Waals surface area contributed by atoms with Gasteiger partial charge in [0, 0.05) is 5.69 Å². The normalized spacial score (nSPS) is 13.7. The number of amides is 1. The van der Waals surface area contributed by atoms with Crippen molar-refractivity contribution in [2.24, 2.45) is 0 Å². The molecule has 5 heteroatoms. The minimum absolute atomic E-state index is 0.235. The van der Waals surface area contributed by atoms with Crippen LogP contribution in [0, 0.1) is 6.92 Å². The number of aryl methyl sites for hydroxylation is 1. The third-order valence-electron chi connectivity index (χ3n) is 2.73. The lowest BCUT2D eigenvalue weighted by atomic mass is 9.96. The van der Waals surface area contributed by atoms with Crippen LogP contribution >= 0.6 is 0 Å². The molecule has 1 heterocycles. The molecule has 1 amide bonds. The van der Waals surface area contributed by atoms with Crippen LogP contribution in [-0.2, 0) is 4.79 Å². The topological polar surface area (TPSA) is 79.3 Å². The zero-order chi connectivity index (χ0) is 13.8. The summed E-state index contributed by atoms with van der Waals surface area (Å²) < 4.78 is 0. The standard InChI is InChI=1S/C13H18N2O3/c1-4-8-13(3,12(17)18)15-11(16)10-7-5-6-9(2)14-10/h5-7H,4,8H2,1-3H3,(H,15,16)(H,17,18). The summed E-state index contributed by atoms with van der Waals surface area (Å²) in [6, 6.07) is 5.06. The molecule has 2 N–H and O–H groups in total. The van der Waals surface area contributed by atoms with E-state index < -0.39 is 17.4 Å². The molecular weight excluding hydrogens is 232 g/mol. The average Bonchev–Trinajstić information content (AvgIpc) is 2.29. The van der Waals surface area contributed by atoms with Gasteiger partial charge in [-0.05, 0) is 32.4 Å². The maximum atomic E-state index is 12.0. The Morgan fingerprint density at radius 2 is 2.11 bits per heavy atom. The van der Waals surface area contributed by atoms with Gasteiger partial charge in [0.15, 0.2) is 0 Å². The Hall–Kier alpha value is -1.91. The Bertz CT molecular complexity index is 459. The van der Waals surface area contributed by atoms with Crippen LogP contribution in [-0.4, -0.2) is 27.5 Å². The van der Waals surface area contributed by atoms with Gasteiger partial charge in [0.2, 0.25) is 0 Å². The monoisotopic (exact) mass is 250 g/mol. The number of carboxylic acid groups (broad SMARTS) is 1. The Labute approximate surface area is 106 Å². The predicted molar refractivity (Wildman–Crippen MR) is 67.4 cm³/mol. The lowest BCUT2D eigenvalue weighted by Gasteiger charge is -2.25. The van der Waals surface area contributed by atoms with Crippen LogP contribution in [0.3, 0.4) is 0 Å². The highest BCUT2D eigenvalue weighted by Gasteiger charge is 2.34. The van der Waals surface area contributed by atoms with E-state index in [-0.39, 0.29) is 5.69 Å². The van der Waals surface area contributed by atoms with Crippen LogP contribution in [0.4, 0.5) is 0 Å². The van der Waals surface area contributed by atoms with E-state index in [9.17, 15) is 14.7 Å². The summed E-state index contributed by atoms with van der Waals surface area (Å²) in [5, 5.41) is 11.7. The molecule has 1 aromatic rings. The minimum Gasteiger partial charge on any atom is -0.480 e. The summed E-state index contributed by atoms with van der Waals surface area (Å²) in [6.07, 6.45) is 1.05. The van der Waals surface area contributed by atoms with Crippen LogP contribution in [0.15, 0.2) is 18.2 Å². The lowest BCUT2D eigenvalue weighted by molar-refractivity contribution is -0.144. The van der Waals surface area contributed by atoms with Gasteiger partial charge in [-0.2, -0.15) is 0 Å². The maximum Gasteiger partial charge on any atom is 0.329 e. The highest BCUT2D eigenvalue weighted by molar-refractivity contribution is 5.96. The van der Waals surface area contributed by atoms with E-state index in [4.69, 9.17) is 0 Å². The second kappa shape index (κ2) is 5.62. The molecule has 0 aromatic carbocycles. The van der Waals surface area contributed by atoms with Crippen LogP contribution in [0.5, 0.6) is 0 Å². The summed E-state index contributed by atoms with van der Waals surface area (Å²) in [6.45, 7) is 5.16. The molecule has 1 rings (SSSR count). The highest BCUT2D eigenvalue weighted by Crippen LogP contribution is 2.13. The number of carbonyl (C=O) groups excluding carboxylic acids is 1. The molecular formula is C13H18N2O3. The molecule has 0 saturated heterocycles. The SMILES string of the molecule is CCCC(C)(NC(=O)c1cccc(C)n1)C(=O)O. The van der Waals surface area contributed by atoms with Crippen molar-refractivity contribution >= 4 is 11.9 Å². The van der Waals surface area contributed by atoms with Gasteiger partial charge in [0.05, 0.1) is 0 Å². The van der Waals surface area contributed by atoms with Gasteiger partial charge in [0.1, 0.15) is 11.2 Å². The molecule has 0 aliphatic heterocycles. The molecule has 18 heavy (non-hydrogen) atoms. The van der Waals surface area contributed by atoms with Crippen molar-refractivity contribution in [2.75, 3.05) is 0 Å². The minimum atomic E-state index is -1.25. The van der Waals surface area contributed by atoms with Crippen molar-refractivity contribution < 1.29 is 14.7 Å². The molecule has 0 bridgehead atoms. The van der Waals surface area contributed by atoms with E-state index in [1.165, 1.54) is 6.92 Å². The fourth-order valence-corrected chi connectivity index (χ4v) is 1.71. The third kappa shape index (κ3) is 3.29. The van der Waals surface area contributed by atoms with Crippen molar-refractivity contribution in [3.8, 4) is 0 Å².